The van der Waals surface area contributed by atoms with Gasteiger partial charge >= 0.3 is 0 Å². The Balaban J connectivity index is 1.89. The summed E-state index contributed by atoms with van der Waals surface area (Å²) in [4.78, 5) is 11.9. The van der Waals surface area contributed by atoms with Crippen LogP contribution in [0.3, 0.4) is 0 Å². The van der Waals surface area contributed by atoms with Gasteiger partial charge in [0.1, 0.15) is 5.75 Å². The van der Waals surface area contributed by atoms with Gasteiger partial charge in [0.15, 0.2) is 6.61 Å². The molecular formula is C18H22N2O2. The number of carbonyl (C=O) groups is 1. The topological polar surface area (TPSA) is 64.3 Å². The molecule has 116 valence electrons. The van der Waals surface area contributed by atoms with Gasteiger partial charge < -0.3 is 15.8 Å². The summed E-state index contributed by atoms with van der Waals surface area (Å²) in [5.41, 5.74) is 9.29. The van der Waals surface area contributed by atoms with E-state index in [1.807, 2.05) is 37.3 Å². The molecule has 0 bridgehead atoms. The minimum Gasteiger partial charge on any atom is -0.484 e. The number of hydrogen-bond donors (Lipinski definition) is 2. The monoisotopic (exact) mass is 298 g/mol. The summed E-state index contributed by atoms with van der Waals surface area (Å²) in [6.45, 7) is 6.15. The zero-order valence-corrected chi connectivity index (χ0v) is 13.2. The minimum atomic E-state index is -0.194. The van der Waals surface area contributed by atoms with Gasteiger partial charge in [-0.25, -0.2) is 0 Å². The third-order valence-corrected chi connectivity index (χ3v) is 3.44. The zero-order valence-electron chi connectivity index (χ0n) is 13.2. The first-order valence-corrected chi connectivity index (χ1v) is 7.34. The average molecular weight is 298 g/mol. The number of rotatable bonds is 5. The molecule has 3 N–H and O–H groups in total. The van der Waals surface area contributed by atoms with Crippen molar-refractivity contribution in [1.29, 1.82) is 0 Å². The van der Waals surface area contributed by atoms with E-state index in [0.717, 1.165) is 11.3 Å². The number of nitrogens with one attached hydrogen (secondary N) is 1. The summed E-state index contributed by atoms with van der Waals surface area (Å²) < 4.78 is 5.50. The molecule has 0 aromatic heterocycles. The lowest BCUT2D eigenvalue weighted by atomic mass is 10.0. The van der Waals surface area contributed by atoms with Crippen molar-refractivity contribution >= 4 is 17.3 Å². The molecule has 2 aromatic carbocycles. The maximum Gasteiger partial charge on any atom is 0.262 e. The van der Waals surface area contributed by atoms with E-state index in [-0.39, 0.29) is 12.5 Å². The van der Waals surface area contributed by atoms with Crippen LogP contribution in [0.15, 0.2) is 42.5 Å². The van der Waals surface area contributed by atoms with Crippen LogP contribution in [0.4, 0.5) is 11.4 Å². The molecule has 0 saturated heterocycles. The van der Waals surface area contributed by atoms with Gasteiger partial charge in [0.25, 0.3) is 5.91 Å². The van der Waals surface area contributed by atoms with Crippen LogP contribution in [0.1, 0.15) is 30.9 Å². The highest BCUT2D eigenvalue weighted by molar-refractivity contribution is 5.92. The Morgan fingerprint density at radius 3 is 2.45 bits per heavy atom. The van der Waals surface area contributed by atoms with Gasteiger partial charge in [-0.05, 0) is 54.3 Å². The Morgan fingerprint density at radius 2 is 1.86 bits per heavy atom. The van der Waals surface area contributed by atoms with Gasteiger partial charge in [-0.15, -0.1) is 0 Å². The van der Waals surface area contributed by atoms with Crippen LogP contribution in [0, 0.1) is 6.92 Å². The molecule has 0 fully saturated rings. The van der Waals surface area contributed by atoms with Crippen molar-refractivity contribution in [3.63, 3.8) is 0 Å². The van der Waals surface area contributed by atoms with Crippen LogP contribution in [0.25, 0.3) is 0 Å². The number of ether oxygens (including phenoxy) is 1. The molecule has 0 aliphatic heterocycles. The summed E-state index contributed by atoms with van der Waals surface area (Å²) >= 11 is 0. The molecule has 0 heterocycles. The number of aryl methyl sites for hydroxylation is 1. The van der Waals surface area contributed by atoms with Crippen LogP contribution >= 0.6 is 0 Å². The quantitative estimate of drug-likeness (QED) is 0.827. The van der Waals surface area contributed by atoms with Gasteiger partial charge in [-0.3, -0.25) is 4.79 Å². The maximum absolute atomic E-state index is 11.9. The number of amides is 1. The predicted octanol–water partition coefficient (Wildman–Crippen LogP) is 3.72. The Hall–Kier alpha value is -2.49. The number of nitrogen functional groups attached to an aromatic ring is 1. The highest BCUT2D eigenvalue weighted by Crippen LogP contribution is 2.19. The fourth-order valence-electron chi connectivity index (χ4n) is 2.11. The summed E-state index contributed by atoms with van der Waals surface area (Å²) in [5, 5.41) is 2.82. The first-order valence-electron chi connectivity index (χ1n) is 7.34. The zero-order chi connectivity index (χ0) is 16.1. The summed E-state index contributed by atoms with van der Waals surface area (Å²) in [5.74, 6) is 0.972. The van der Waals surface area contributed by atoms with Crippen molar-refractivity contribution in [3.05, 3.63) is 53.6 Å². The lowest BCUT2D eigenvalue weighted by molar-refractivity contribution is -0.118. The van der Waals surface area contributed by atoms with E-state index < -0.39 is 0 Å². The van der Waals surface area contributed by atoms with Crippen LogP contribution in [-0.2, 0) is 4.79 Å². The van der Waals surface area contributed by atoms with Crippen molar-refractivity contribution in [2.45, 2.75) is 26.7 Å². The third kappa shape index (κ3) is 4.25. The highest BCUT2D eigenvalue weighted by atomic mass is 16.5. The lowest BCUT2D eigenvalue weighted by Crippen LogP contribution is -2.20. The van der Waals surface area contributed by atoms with Gasteiger partial charge in [0.2, 0.25) is 0 Å². The Bertz CT molecular complexity index is 649. The van der Waals surface area contributed by atoms with Gasteiger partial charge in [0, 0.05) is 11.4 Å². The number of benzene rings is 2. The molecule has 1 amide bonds. The molecule has 22 heavy (non-hydrogen) atoms. The summed E-state index contributed by atoms with van der Waals surface area (Å²) in [7, 11) is 0. The molecule has 4 heteroatoms. The number of anilines is 2. The van der Waals surface area contributed by atoms with Crippen molar-refractivity contribution in [1.82, 2.24) is 0 Å². The van der Waals surface area contributed by atoms with Gasteiger partial charge in [0.05, 0.1) is 0 Å². The van der Waals surface area contributed by atoms with Crippen molar-refractivity contribution < 1.29 is 9.53 Å². The molecule has 0 spiro atoms. The second kappa shape index (κ2) is 6.98. The lowest BCUT2D eigenvalue weighted by Gasteiger charge is -2.11. The largest absolute Gasteiger partial charge is 0.484 e. The van der Waals surface area contributed by atoms with Crippen molar-refractivity contribution in [3.8, 4) is 5.75 Å². The van der Waals surface area contributed by atoms with E-state index >= 15 is 0 Å². The molecule has 0 saturated carbocycles. The summed E-state index contributed by atoms with van der Waals surface area (Å²) in [6, 6.07) is 13.2. The fourth-order valence-corrected chi connectivity index (χ4v) is 2.11. The smallest absolute Gasteiger partial charge is 0.262 e. The standard InChI is InChI=1S/C18H22N2O2/c1-12(2)14-4-7-16(8-5-14)22-11-18(21)20-17-9-6-15(19)10-13(17)3/h4-10,12H,11,19H2,1-3H3,(H,20,21). The first kappa shape index (κ1) is 15.9. The normalized spacial score (nSPS) is 10.5. The highest BCUT2D eigenvalue weighted by Gasteiger charge is 2.06. The molecule has 2 aromatic rings. The number of nitrogens with two attached hydrogens (primary N) is 1. The van der Waals surface area contributed by atoms with E-state index in [9.17, 15) is 4.79 Å². The average Bonchev–Trinajstić information content (AvgIpc) is 2.48. The Kier molecular flexibility index (Phi) is 5.04. The van der Waals surface area contributed by atoms with Crippen LogP contribution in [0.5, 0.6) is 5.75 Å². The molecule has 0 atom stereocenters. The maximum atomic E-state index is 11.9. The second-order valence-electron chi connectivity index (χ2n) is 5.63. The van der Waals surface area contributed by atoms with E-state index in [2.05, 4.69) is 19.2 Å². The van der Waals surface area contributed by atoms with E-state index in [1.165, 1.54) is 5.56 Å². The van der Waals surface area contributed by atoms with Crippen LogP contribution < -0.4 is 15.8 Å². The van der Waals surface area contributed by atoms with Gasteiger partial charge in [-0.2, -0.15) is 0 Å². The molecule has 0 radical (unpaired) electrons. The van der Waals surface area contributed by atoms with E-state index in [4.69, 9.17) is 10.5 Å². The third-order valence-electron chi connectivity index (χ3n) is 3.44. The SMILES string of the molecule is Cc1cc(N)ccc1NC(=O)COc1ccc(C(C)C)cc1. The van der Waals surface area contributed by atoms with Crippen LogP contribution in [-0.4, -0.2) is 12.5 Å². The molecule has 0 unspecified atom stereocenters. The van der Waals surface area contributed by atoms with Crippen LogP contribution in [0.2, 0.25) is 0 Å². The van der Waals surface area contributed by atoms with E-state index in [0.29, 0.717) is 17.4 Å². The molecule has 4 nitrogen and oxygen atoms in total. The Morgan fingerprint density at radius 1 is 1.18 bits per heavy atom. The minimum absolute atomic E-state index is 0.0230. The van der Waals surface area contributed by atoms with Crippen molar-refractivity contribution in [2.75, 3.05) is 17.7 Å². The molecule has 2 rings (SSSR count). The number of carbonyl (C=O) groups excluding carboxylic acids is 1. The second-order valence-corrected chi connectivity index (χ2v) is 5.63. The summed E-state index contributed by atoms with van der Waals surface area (Å²) in [6.07, 6.45) is 0. The molecule has 0 aliphatic rings. The fraction of sp³-hybridized carbons (Fsp3) is 0.278. The molecule has 0 aliphatic carbocycles. The predicted molar refractivity (Wildman–Crippen MR) is 90.2 cm³/mol. The van der Waals surface area contributed by atoms with Crippen molar-refractivity contribution in [2.24, 2.45) is 0 Å². The van der Waals surface area contributed by atoms with E-state index in [1.54, 1.807) is 12.1 Å². The first-order chi connectivity index (χ1) is 10.5. The molecular weight excluding hydrogens is 276 g/mol. The Labute approximate surface area is 131 Å². The number of hydrogen-bond acceptors (Lipinski definition) is 3. The van der Waals surface area contributed by atoms with Gasteiger partial charge in [-0.1, -0.05) is 26.0 Å².